The van der Waals surface area contributed by atoms with E-state index in [0.717, 1.165) is 19.2 Å². The van der Waals surface area contributed by atoms with Gasteiger partial charge in [-0.15, -0.1) is 0 Å². The van der Waals surface area contributed by atoms with Gasteiger partial charge < -0.3 is 20.3 Å². The van der Waals surface area contributed by atoms with Gasteiger partial charge in [-0.1, -0.05) is 12.1 Å². The summed E-state index contributed by atoms with van der Waals surface area (Å²) in [5.74, 6) is -4.22. The Labute approximate surface area is 141 Å². The van der Waals surface area contributed by atoms with Gasteiger partial charge in [0.15, 0.2) is 0 Å². The molecule has 0 aliphatic rings. The van der Waals surface area contributed by atoms with Crippen LogP contribution in [-0.2, 0) is 24.3 Å². The number of carbonyl (C=O) groups is 4. The van der Waals surface area contributed by atoms with E-state index in [9.17, 15) is 27.6 Å². The molecule has 1 aromatic carbocycles. The van der Waals surface area contributed by atoms with Gasteiger partial charge in [-0.3, -0.25) is 9.59 Å². The van der Waals surface area contributed by atoms with Gasteiger partial charge in [-0.25, -0.2) is 22.7 Å². The van der Waals surface area contributed by atoms with E-state index in [2.05, 4.69) is 4.74 Å². The highest BCUT2D eigenvalue weighted by molar-refractivity contribution is 7.90. The Morgan fingerprint density at radius 1 is 1.16 bits per heavy atom. The smallest absolute Gasteiger partial charge is 0.420 e. The number of carboxylic acid groups (broad SMARTS) is 2. The van der Waals surface area contributed by atoms with Crippen LogP contribution in [0.1, 0.15) is 16.8 Å². The predicted molar refractivity (Wildman–Crippen MR) is 80.3 cm³/mol. The first-order valence-electron chi connectivity index (χ1n) is 6.53. The van der Waals surface area contributed by atoms with Crippen molar-refractivity contribution in [2.24, 2.45) is 0 Å². The lowest BCUT2D eigenvalue weighted by molar-refractivity contribution is -0.145. The molecule has 0 radical (unpaired) electrons. The number of carbonyl (C=O) groups excluding carboxylic acids is 2. The molecular formula is C13H14N2O9S. The Balaban J connectivity index is 3.18. The zero-order valence-corrected chi connectivity index (χ0v) is 13.6. The fourth-order valence-corrected chi connectivity index (χ4v) is 2.83. The van der Waals surface area contributed by atoms with E-state index in [-0.39, 0.29) is 0 Å². The largest absolute Gasteiger partial charge is 0.481 e. The quantitative estimate of drug-likeness (QED) is 0.485. The number of carboxylic acids is 2. The molecule has 0 fully saturated rings. The highest BCUT2D eigenvalue weighted by Gasteiger charge is 2.28. The number of hydrogen-bond acceptors (Lipinski definition) is 7. The molecule has 11 nitrogen and oxygen atoms in total. The second-order valence-electron chi connectivity index (χ2n) is 4.56. The number of rotatable bonds is 7. The Hall–Kier alpha value is -3.15. The van der Waals surface area contributed by atoms with Gasteiger partial charge in [0.2, 0.25) is 0 Å². The molecule has 4 N–H and O–H groups in total. The van der Waals surface area contributed by atoms with E-state index in [0.29, 0.717) is 0 Å². The molecule has 0 aliphatic carbocycles. The predicted octanol–water partition coefficient (Wildman–Crippen LogP) is -0.611. The summed E-state index contributed by atoms with van der Waals surface area (Å²) in [5.41, 5.74) is -0.476. The average molecular weight is 374 g/mol. The molecule has 0 saturated heterocycles. The summed E-state index contributed by atoms with van der Waals surface area (Å²) in [6.07, 6.45) is -2.19. The van der Waals surface area contributed by atoms with Crippen LogP contribution in [0, 0.1) is 0 Å². The lowest BCUT2D eigenvalue weighted by atomic mass is 10.1. The van der Waals surface area contributed by atoms with E-state index in [1.165, 1.54) is 12.1 Å². The van der Waals surface area contributed by atoms with Gasteiger partial charge in [0.25, 0.3) is 15.9 Å². The van der Waals surface area contributed by atoms with Gasteiger partial charge in [0, 0.05) is 0 Å². The first-order valence-corrected chi connectivity index (χ1v) is 8.02. The van der Waals surface area contributed by atoms with E-state index in [1.807, 2.05) is 5.32 Å². The fraction of sp³-hybridized carbons (Fsp3) is 0.231. The van der Waals surface area contributed by atoms with Gasteiger partial charge >= 0.3 is 18.0 Å². The van der Waals surface area contributed by atoms with Crippen LogP contribution in [0.25, 0.3) is 0 Å². The van der Waals surface area contributed by atoms with E-state index < -0.39 is 56.9 Å². The van der Waals surface area contributed by atoms with Crippen LogP contribution >= 0.6 is 0 Å². The topological polar surface area (TPSA) is 176 Å². The number of sulfonamides is 1. The van der Waals surface area contributed by atoms with Crippen LogP contribution in [0.5, 0.6) is 0 Å². The highest BCUT2D eigenvalue weighted by atomic mass is 32.2. The van der Waals surface area contributed by atoms with Gasteiger partial charge in [-0.2, -0.15) is 0 Å². The maximum absolute atomic E-state index is 12.2. The molecule has 1 aromatic rings. The lowest BCUT2D eigenvalue weighted by Crippen LogP contribution is -2.43. The number of benzene rings is 1. The first-order chi connectivity index (χ1) is 11.6. The number of amides is 2. The maximum Gasteiger partial charge on any atom is 0.420 e. The summed E-state index contributed by atoms with van der Waals surface area (Å²) in [5, 5.41) is 19.5. The minimum atomic E-state index is -4.48. The SMILES string of the molecule is COC(=O)NS(=O)(=O)c1ccccc1C(=O)N[C@@H](CC(=O)O)C(=O)O. The molecule has 0 saturated carbocycles. The molecule has 1 atom stereocenters. The van der Waals surface area contributed by atoms with E-state index in [1.54, 1.807) is 4.72 Å². The minimum absolute atomic E-state index is 0.476. The standard InChI is InChI=1S/C13H14N2O9S/c1-24-13(21)15-25(22,23)9-5-3-2-4-7(9)11(18)14-8(12(19)20)6-10(16)17/h2-5,8H,6H2,1H3,(H,14,18)(H,15,21)(H,16,17)(H,19,20)/t8-/m0/s1. The number of aliphatic carboxylic acids is 2. The number of hydrogen-bond donors (Lipinski definition) is 4. The van der Waals surface area contributed by atoms with Crippen LogP contribution < -0.4 is 10.0 Å². The molecule has 2 amide bonds. The van der Waals surface area contributed by atoms with Crippen LogP contribution in [-0.4, -0.2) is 55.7 Å². The van der Waals surface area contributed by atoms with Gasteiger partial charge in [0.05, 0.1) is 19.1 Å². The molecule has 12 heteroatoms. The van der Waals surface area contributed by atoms with Crippen molar-refractivity contribution in [1.82, 2.24) is 10.0 Å². The van der Waals surface area contributed by atoms with E-state index >= 15 is 0 Å². The fourth-order valence-electron chi connectivity index (χ4n) is 1.71. The number of nitrogens with one attached hydrogen (secondary N) is 2. The van der Waals surface area contributed by atoms with Gasteiger partial charge in [-0.05, 0) is 12.1 Å². The molecular weight excluding hydrogens is 360 g/mol. The Bertz CT molecular complexity index is 803. The summed E-state index contributed by atoms with van der Waals surface area (Å²) < 4.78 is 30.0. The van der Waals surface area contributed by atoms with Crippen LogP contribution in [0.3, 0.4) is 0 Å². The Morgan fingerprint density at radius 3 is 2.28 bits per heavy atom. The van der Waals surface area contributed by atoms with Crippen molar-refractivity contribution in [2.75, 3.05) is 7.11 Å². The third-order valence-corrected chi connectivity index (χ3v) is 4.18. The second-order valence-corrected chi connectivity index (χ2v) is 6.21. The third-order valence-electron chi connectivity index (χ3n) is 2.81. The van der Waals surface area contributed by atoms with Gasteiger partial charge in [0.1, 0.15) is 10.9 Å². The molecule has 0 unspecified atom stereocenters. The van der Waals surface area contributed by atoms with Crippen molar-refractivity contribution in [3.05, 3.63) is 29.8 Å². The molecule has 1 rings (SSSR count). The van der Waals surface area contributed by atoms with Crippen LogP contribution in [0.15, 0.2) is 29.2 Å². The molecule has 25 heavy (non-hydrogen) atoms. The molecule has 0 bridgehead atoms. The second kappa shape index (κ2) is 8.10. The number of ether oxygens (including phenoxy) is 1. The molecule has 0 aliphatic heterocycles. The highest BCUT2D eigenvalue weighted by Crippen LogP contribution is 2.16. The van der Waals surface area contributed by atoms with Crippen LogP contribution in [0.4, 0.5) is 4.79 Å². The zero-order valence-electron chi connectivity index (χ0n) is 12.8. The molecule has 0 heterocycles. The van der Waals surface area contributed by atoms with Crippen molar-refractivity contribution in [1.29, 1.82) is 0 Å². The average Bonchev–Trinajstić information content (AvgIpc) is 2.53. The van der Waals surface area contributed by atoms with Crippen molar-refractivity contribution in [2.45, 2.75) is 17.4 Å². The zero-order chi connectivity index (χ0) is 19.2. The molecule has 0 spiro atoms. The maximum atomic E-state index is 12.2. The van der Waals surface area contributed by atoms with Crippen molar-refractivity contribution in [3.63, 3.8) is 0 Å². The summed E-state index contributed by atoms with van der Waals surface area (Å²) in [6, 6.07) is 2.89. The Morgan fingerprint density at radius 2 is 1.76 bits per heavy atom. The summed E-state index contributed by atoms with van der Waals surface area (Å²) >= 11 is 0. The summed E-state index contributed by atoms with van der Waals surface area (Å²) in [6.45, 7) is 0. The monoisotopic (exact) mass is 374 g/mol. The van der Waals surface area contributed by atoms with Crippen LogP contribution in [0.2, 0.25) is 0 Å². The van der Waals surface area contributed by atoms with Crippen molar-refractivity contribution >= 4 is 34.0 Å². The Kier molecular flexibility index (Phi) is 6.45. The third kappa shape index (κ3) is 5.46. The molecule has 136 valence electrons. The summed E-state index contributed by atoms with van der Waals surface area (Å²) in [4.78, 5) is 44.3. The van der Waals surface area contributed by atoms with E-state index in [4.69, 9.17) is 10.2 Å². The first kappa shape index (κ1) is 19.9. The normalized spacial score (nSPS) is 11.9. The molecule has 0 aromatic heterocycles. The number of methoxy groups -OCH3 is 1. The summed E-state index contributed by atoms with van der Waals surface area (Å²) in [7, 11) is -3.54. The lowest BCUT2D eigenvalue weighted by Gasteiger charge is -2.14. The minimum Gasteiger partial charge on any atom is -0.481 e. The van der Waals surface area contributed by atoms with Crippen molar-refractivity contribution < 1.29 is 42.5 Å². The van der Waals surface area contributed by atoms with Crippen molar-refractivity contribution in [3.8, 4) is 0 Å².